The summed E-state index contributed by atoms with van der Waals surface area (Å²) in [6.07, 6.45) is 1.04. The van der Waals surface area contributed by atoms with Crippen LogP contribution < -0.4 is 16.0 Å². The molecule has 0 aliphatic heterocycles. The zero-order chi connectivity index (χ0) is 33.5. The molecule has 2 unspecified atom stereocenters. The Morgan fingerprint density at radius 3 is 2.09 bits per heavy atom. The first-order valence-electron chi connectivity index (χ1n) is 14.8. The molecule has 11 nitrogen and oxygen atoms in total. The minimum Gasteiger partial charge on any atom is -0.480 e. The van der Waals surface area contributed by atoms with Crippen LogP contribution in [0, 0.1) is 16.0 Å². The van der Waals surface area contributed by atoms with Crippen LogP contribution in [0.15, 0.2) is 89.8 Å². The highest BCUT2D eigenvalue weighted by Gasteiger charge is 2.30. The van der Waals surface area contributed by atoms with E-state index in [-0.39, 0.29) is 36.9 Å². The molecule has 0 aliphatic carbocycles. The summed E-state index contributed by atoms with van der Waals surface area (Å²) in [6.45, 7) is 4.05. The van der Waals surface area contributed by atoms with E-state index in [4.69, 9.17) is 0 Å². The second-order valence-corrected chi connectivity index (χ2v) is 13.4. The lowest BCUT2D eigenvalue weighted by molar-refractivity contribution is -0.387. The van der Waals surface area contributed by atoms with Gasteiger partial charge in [0.05, 0.1) is 15.1 Å². The molecule has 0 fully saturated rings. The number of amides is 3. The zero-order valence-electron chi connectivity index (χ0n) is 25.6. The van der Waals surface area contributed by atoms with E-state index >= 15 is 0 Å². The Labute approximate surface area is 275 Å². The standard InChI is InChI=1S/C33H38N4O7S2/c1-22(2)20-25(31(39)36-26(33(41)42)21-23-12-5-3-6-13-23)35-32(40)29(46-45-28-17-10-9-16-27(28)37(43)44)18-11-19-34-30(38)24-14-7-4-8-15-24/h3-10,12-17,22,25-26,29H,11,18-21H2,1-2H3,(H,34,38)(H,35,40)(H,36,39)(H,41,42)/t25?,26-,29?/m0/s1. The molecule has 0 aromatic heterocycles. The van der Waals surface area contributed by atoms with Crippen LogP contribution in [-0.4, -0.2) is 57.6 Å². The molecule has 0 saturated heterocycles. The Morgan fingerprint density at radius 1 is 0.848 bits per heavy atom. The number of nitro groups is 1. The number of rotatable bonds is 18. The van der Waals surface area contributed by atoms with Crippen LogP contribution in [0.25, 0.3) is 0 Å². The molecule has 0 spiro atoms. The maximum Gasteiger partial charge on any atom is 0.326 e. The third-order valence-electron chi connectivity index (χ3n) is 6.81. The number of aliphatic carboxylic acids is 1. The third kappa shape index (κ3) is 11.9. The highest BCUT2D eigenvalue weighted by molar-refractivity contribution is 8.77. The first-order valence-corrected chi connectivity index (χ1v) is 17.0. The van der Waals surface area contributed by atoms with Gasteiger partial charge in [0.15, 0.2) is 0 Å². The molecule has 3 rings (SSSR count). The lowest BCUT2D eigenvalue weighted by atomic mass is 10.0. The Morgan fingerprint density at radius 2 is 1.46 bits per heavy atom. The molecule has 0 heterocycles. The van der Waals surface area contributed by atoms with Crippen LogP contribution in [0.3, 0.4) is 0 Å². The number of carbonyl (C=O) groups is 4. The number of para-hydroxylation sites is 1. The molecule has 0 radical (unpaired) electrons. The number of benzene rings is 3. The summed E-state index contributed by atoms with van der Waals surface area (Å²) in [5.41, 5.74) is 1.15. The molecule has 3 atom stereocenters. The summed E-state index contributed by atoms with van der Waals surface area (Å²) in [5, 5.41) is 28.8. The molecule has 4 N–H and O–H groups in total. The van der Waals surface area contributed by atoms with Gasteiger partial charge in [0.25, 0.3) is 11.6 Å². The monoisotopic (exact) mass is 666 g/mol. The molecule has 244 valence electrons. The average molecular weight is 667 g/mol. The maximum atomic E-state index is 13.7. The van der Waals surface area contributed by atoms with E-state index in [1.54, 1.807) is 66.7 Å². The largest absolute Gasteiger partial charge is 0.480 e. The SMILES string of the molecule is CC(C)CC(NC(=O)C(CCCNC(=O)c1ccccc1)SSc1ccccc1[N+](=O)[O-])C(=O)N[C@@H](Cc1ccccc1)C(=O)O. The van der Waals surface area contributed by atoms with Gasteiger partial charge in [0.2, 0.25) is 11.8 Å². The number of hydrogen-bond donors (Lipinski definition) is 4. The van der Waals surface area contributed by atoms with Gasteiger partial charge in [-0.25, -0.2) is 4.79 Å². The smallest absolute Gasteiger partial charge is 0.326 e. The van der Waals surface area contributed by atoms with Gasteiger partial charge >= 0.3 is 5.97 Å². The molecule has 3 aromatic carbocycles. The molecular formula is C33H38N4O7S2. The van der Waals surface area contributed by atoms with Gasteiger partial charge in [0.1, 0.15) is 12.1 Å². The number of carbonyl (C=O) groups excluding carboxylic acids is 3. The minimum atomic E-state index is -1.20. The summed E-state index contributed by atoms with van der Waals surface area (Å²) in [4.78, 5) is 63.0. The molecule has 46 heavy (non-hydrogen) atoms. The van der Waals surface area contributed by atoms with E-state index in [0.717, 1.165) is 27.2 Å². The average Bonchev–Trinajstić information content (AvgIpc) is 3.04. The first kappa shape index (κ1) is 36.1. The predicted molar refractivity (Wildman–Crippen MR) is 179 cm³/mol. The highest BCUT2D eigenvalue weighted by Crippen LogP contribution is 2.40. The second kappa shape index (κ2) is 18.6. The van der Waals surface area contributed by atoms with Crippen LogP contribution >= 0.6 is 21.6 Å². The number of nitrogens with one attached hydrogen (secondary N) is 3. The van der Waals surface area contributed by atoms with Gasteiger partial charge in [-0.05, 0) is 59.7 Å². The van der Waals surface area contributed by atoms with E-state index in [1.807, 2.05) is 26.0 Å². The van der Waals surface area contributed by atoms with Gasteiger partial charge in [-0.15, -0.1) is 0 Å². The summed E-state index contributed by atoms with van der Waals surface area (Å²) >= 11 is 0. The number of nitro benzene ring substituents is 1. The van der Waals surface area contributed by atoms with E-state index < -0.39 is 40.0 Å². The summed E-state index contributed by atoms with van der Waals surface area (Å²) in [7, 11) is 2.21. The van der Waals surface area contributed by atoms with Crippen LogP contribution in [0.1, 0.15) is 49.0 Å². The van der Waals surface area contributed by atoms with Gasteiger partial charge < -0.3 is 21.1 Å². The predicted octanol–water partition coefficient (Wildman–Crippen LogP) is 5.26. The molecule has 0 aliphatic rings. The van der Waals surface area contributed by atoms with Crippen LogP contribution in [0.2, 0.25) is 0 Å². The highest BCUT2D eigenvalue weighted by atomic mass is 33.1. The third-order valence-corrected chi connectivity index (χ3v) is 9.64. The van der Waals surface area contributed by atoms with Crippen molar-refractivity contribution < 1.29 is 29.2 Å². The van der Waals surface area contributed by atoms with Crippen molar-refractivity contribution in [3.63, 3.8) is 0 Å². The number of carboxylic acid groups (broad SMARTS) is 1. The molecule has 0 saturated carbocycles. The van der Waals surface area contributed by atoms with E-state index in [9.17, 15) is 34.4 Å². The fraction of sp³-hybridized carbons (Fsp3) is 0.333. The van der Waals surface area contributed by atoms with Crippen molar-refractivity contribution >= 4 is 51.0 Å². The van der Waals surface area contributed by atoms with Gasteiger partial charge in [-0.2, -0.15) is 0 Å². The van der Waals surface area contributed by atoms with Crippen molar-refractivity contribution in [3.05, 3.63) is 106 Å². The van der Waals surface area contributed by atoms with Crippen molar-refractivity contribution in [3.8, 4) is 0 Å². The van der Waals surface area contributed by atoms with E-state index in [2.05, 4.69) is 16.0 Å². The quantitative estimate of drug-likeness (QED) is 0.0613. The minimum absolute atomic E-state index is 0.00547. The van der Waals surface area contributed by atoms with Crippen molar-refractivity contribution in [1.29, 1.82) is 0 Å². The molecular weight excluding hydrogens is 629 g/mol. The topological polar surface area (TPSA) is 168 Å². The number of hydrogen-bond acceptors (Lipinski definition) is 8. The van der Waals surface area contributed by atoms with E-state index in [0.29, 0.717) is 23.3 Å². The first-order chi connectivity index (χ1) is 22.0. The van der Waals surface area contributed by atoms with Gasteiger partial charge in [-0.3, -0.25) is 24.5 Å². The van der Waals surface area contributed by atoms with Crippen molar-refractivity contribution in [2.24, 2.45) is 5.92 Å². The van der Waals surface area contributed by atoms with Crippen molar-refractivity contribution in [2.45, 2.75) is 61.8 Å². The summed E-state index contributed by atoms with van der Waals surface area (Å²) < 4.78 is 0. The Bertz CT molecular complexity index is 1480. The zero-order valence-corrected chi connectivity index (χ0v) is 27.2. The fourth-order valence-electron chi connectivity index (χ4n) is 4.48. The summed E-state index contributed by atoms with van der Waals surface area (Å²) in [6, 6.07) is 21.6. The molecule has 0 bridgehead atoms. The van der Waals surface area contributed by atoms with Crippen molar-refractivity contribution in [2.75, 3.05) is 6.54 Å². The normalized spacial score (nSPS) is 12.8. The van der Waals surface area contributed by atoms with Crippen LogP contribution in [0.5, 0.6) is 0 Å². The van der Waals surface area contributed by atoms with Crippen LogP contribution in [0.4, 0.5) is 5.69 Å². The molecule has 3 amide bonds. The summed E-state index contributed by atoms with van der Waals surface area (Å²) in [5.74, 6) is -2.54. The van der Waals surface area contributed by atoms with Gasteiger partial charge in [0, 0.05) is 24.6 Å². The number of carboxylic acids is 1. The lowest BCUT2D eigenvalue weighted by Crippen LogP contribution is -2.53. The Kier molecular flexibility index (Phi) is 14.6. The fourth-order valence-corrected chi connectivity index (χ4v) is 7.12. The lowest BCUT2D eigenvalue weighted by Gasteiger charge is -2.25. The molecule has 13 heteroatoms. The van der Waals surface area contributed by atoms with Crippen molar-refractivity contribution in [1.82, 2.24) is 16.0 Å². The van der Waals surface area contributed by atoms with E-state index in [1.165, 1.54) is 6.07 Å². The Balaban J connectivity index is 1.72. The second-order valence-electron chi connectivity index (χ2n) is 10.9. The maximum absolute atomic E-state index is 13.7. The molecule has 3 aromatic rings. The number of nitrogens with zero attached hydrogens (tertiary/aromatic N) is 1. The van der Waals surface area contributed by atoms with Crippen LogP contribution in [-0.2, 0) is 20.8 Å². The van der Waals surface area contributed by atoms with Gasteiger partial charge in [-0.1, -0.05) is 85.3 Å². The Hall–Kier alpha value is -4.36.